The van der Waals surface area contributed by atoms with Gasteiger partial charge in [-0.25, -0.2) is 0 Å². The number of carbonyl (C=O) groups is 2. The fraction of sp³-hybridized carbons (Fsp3) is 0.235. The van der Waals surface area contributed by atoms with Gasteiger partial charge in [0, 0.05) is 51.9 Å². The molecule has 4 N–H and O–H groups in total. The lowest BCUT2D eigenvalue weighted by Crippen LogP contribution is -2.30. The Morgan fingerprint density at radius 3 is 2.70 bits per heavy atom. The van der Waals surface area contributed by atoms with Gasteiger partial charge >= 0.3 is 0 Å². The number of hydrogen-bond donors (Lipinski definition) is 4. The van der Waals surface area contributed by atoms with Crippen molar-refractivity contribution >= 4 is 56.5 Å². The number of aromatic amines is 1. The number of alkyl halides is 1. The van der Waals surface area contributed by atoms with Crippen molar-refractivity contribution in [1.82, 2.24) is 4.98 Å². The van der Waals surface area contributed by atoms with E-state index in [9.17, 15) is 14.7 Å². The quantitative estimate of drug-likeness (QED) is 0.114. The van der Waals surface area contributed by atoms with E-state index in [2.05, 4.69) is 10.3 Å². The fourth-order valence-electron chi connectivity index (χ4n) is 5.80. The minimum Gasteiger partial charge on any atom is -0.507 e. The van der Waals surface area contributed by atoms with Gasteiger partial charge in [0.15, 0.2) is 0 Å². The molecule has 44 heavy (non-hydrogen) atoms. The first-order chi connectivity index (χ1) is 21.4. The Hall–Kier alpha value is -4.57. The van der Waals surface area contributed by atoms with E-state index >= 15 is 0 Å². The van der Waals surface area contributed by atoms with Crippen molar-refractivity contribution in [3.63, 3.8) is 0 Å². The van der Waals surface area contributed by atoms with Gasteiger partial charge in [-0.3, -0.25) is 9.59 Å². The summed E-state index contributed by atoms with van der Waals surface area (Å²) in [6, 6.07) is 21.4. The van der Waals surface area contributed by atoms with Crippen LogP contribution in [0.25, 0.3) is 21.7 Å². The maximum Gasteiger partial charge on any atom is 0.274 e. The van der Waals surface area contributed by atoms with Crippen molar-refractivity contribution in [2.75, 3.05) is 49.1 Å². The number of fused-ring (bicyclic) bond motifs is 4. The Morgan fingerprint density at radius 1 is 1.05 bits per heavy atom. The first kappa shape index (κ1) is 29.5. The molecule has 0 spiro atoms. The Balaban J connectivity index is 1.21. The number of amides is 2. The number of anilines is 2. The van der Waals surface area contributed by atoms with Crippen LogP contribution in [0.3, 0.4) is 0 Å². The van der Waals surface area contributed by atoms with Crippen molar-refractivity contribution in [2.45, 2.75) is 12.8 Å². The third-order valence-corrected chi connectivity index (χ3v) is 8.21. The molecule has 0 fully saturated rings. The van der Waals surface area contributed by atoms with Crippen molar-refractivity contribution in [2.24, 2.45) is 0 Å². The Bertz CT molecular complexity index is 1870. The number of aromatic hydroxyl groups is 1. The van der Waals surface area contributed by atoms with Crippen LogP contribution < -0.4 is 15.0 Å². The standard InChI is InChI=1S/C34H32ClN3O6/c1-20-4-2-7-26-30(40)17-29-32(31(20)26)23(18-35)19-38(29)34(42)28-16-22-14-24(8-9-27(22)37-28)36-33(41)21-5-3-6-25(15-21)44-13-12-43-11-10-39/h2-9,14-17,23,37,39-40H,10-13,18-19H2,1H3,(H,36,41)/t23-/m1/s1. The van der Waals surface area contributed by atoms with Crippen LogP contribution in [0.4, 0.5) is 11.4 Å². The molecule has 6 rings (SSSR count). The van der Waals surface area contributed by atoms with Crippen LogP contribution >= 0.6 is 11.6 Å². The average molecular weight is 614 g/mol. The fourth-order valence-corrected chi connectivity index (χ4v) is 6.05. The molecule has 9 nitrogen and oxygen atoms in total. The van der Waals surface area contributed by atoms with Crippen LogP contribution in [-0.4, -0.2) is 65.9 Å². The Kier molecular flexibility index (Phi) is 8.43. The molecule has 4 aromatic carbocycles. The van der Waals surface area contributed by atoms with Crippen LogP contribution in [0.2, 0.25) is 0 Å². The minimum absolute atomic E-state index is 0.0491. The van der Waals surface area contributed by atoms with Crippen molar-refractivity contribution in [3.8, 4) is 11.5 Å². The molecule has 0 saturated carbocycles. The molecular weight excluding hydrogens is 582 g/mol. The van der Waals surface area contributed by atoms with Crippen LogP contribution in [0, 0.1) is 6.92 Å². The first-order valence-electron chi connectivity index (χ1n) is 14.4. The number of benzene rings is 4. The number of ether oxygens (including phenoxy) is 2. The number of H-pyrrole nitrogens is 1. The molecule has 0 radical (unpaired) electrons. The number of aliphatic hydroxyl groups is 1. The Morgan fingerprint density at radius 2 is 1.89 bits per heavy atom. The highest BCUT2D eigenvalue weighted by Gasteiger charge is 2.35. The molecule has 1 aliphatic rings. The molecule has 226 valence electrons. The van der Waals surface area contributed by atoms with Crippen molar-refractivity contribution in [1.29, 1.82) is 0 Å². The summed E-state index contributed by atoms with van der Waals surface area (Å²) in [6.45, 7) is 3.22. The summed E-state index contributed by atoms with van der Waals surface area (Å²) >= 11 is 6.40. The van der Waals surface area contributed by atoms with Gasteiger partial charge < -0.3 is 34.9 Å². The Labute approximate surface area is 259 Å². The van der Waals surface area contributed by atoms with E-state index in [1.165, 1.54) is 0 Å². The number of hydrogen-bond acceptors (Lipinski definition) is 6. The number of aliphatic hydroxyl groups excluding tert-OH is 1. The van der Waals surface area contributed by atoms with Gasteiger partial charge in [-0.05, 0) is 65.9 Å². The van der Waals surface area contributed by atoms with Crippen molar-refractivity contribution < 1.29 is 29.3 Å². The SMILES string of the molecule is Cc1cccc2c(O)cc3c(c12)[C@H](CCl)CN3C(=O)c1cc2cc(NC(=O)c3cccc(OCCOCCO)c3)ccc2[nH]1. The van der Waals surface area contributed by atoms with Crippen LogP contribution in [0.1, 0.15) is 37.9 Å². The molecule has 2 heterocycles. The molecule has 0 unspecified atom stereocenters. The summed E-state index contributed by atoms with van der Waals surface area (Å²) in [4.78, 5) is 31.7. The van der Waals surface area contributed by atoms with E-state index in [0.29, 0.717) is 54.0 Å². The lowest BCUT2D eigenvalue weighted by atomic mass is 9.92. The summed E-state index contributed by atoms with van der Waals surface area (Å²) in [7, 11) is 0. The summed E-state index contributed by atoms with van der Waals surface area (Å²) in [5, 5.41) is 25.0. The molecule has 0 aliphatic carbocycles. The maximum absolute atomic E-state index is 13.8. The minimum atomic E-state index is -0.304. The zero-order valence-corrected chi connectivity index (χ0v) is 24.9. The monoisotopic (exact) mass is 613 g/mol. The van der Waals surface area contributed by atoms with Crippen LogP contribution in [0.15, 0.2) is 72.8 Å². The molecular formula is C34H32ClN3O6. The van der Waals surface area contributed by atoms with E-state index in [4.69, 9.17) is 26.2 Å². The molecule has 1 aliphatic heterocycles. The summed E-state index contributed by atoms with van der Waals surface area (Å²) in [6.07, 6.45) is 0. The van der Waals surface area contributed by atoms with E-state index in [-0.39, 0.29) is 36.7 Å². The van der Waals surface area contributed by atoms with Crippen LogP contribution in [-0.2, 0) is 4.74 Å². The second-order valence-corrected chi connectivity index (χ2v) is 11.1. The molecule has 2 amide bonds. The van der Waals surface area contributed by atoms with Gasteiger partial charge in [-0.1, -0.05) is 24.3 Å². The molecule has 10 heteroatoms. The third-order valence-electron chi connectivity index (χ3n) is 7.84. The number of phenolic OH excluding ortho intramolecular Hbond substituents is 1. The highest BCUT2D eigenvalue weighted by Crippen LogP contribution is 2.46. The maximum atomic E-state index is 13.8. The van der Waals surface area contributed by atoms with E-state index in [1.807, 2.05) is 37.3 Å². The predicted octanol–water partition coefficient (Wildman–Crippen LogP) is 5.96. The smallest absolute Gasteiger partial charge is 0.274 e. The first-order valence-corrected chi connectivity index (χ1v) is 14.9. The number of rotatable bonds is 10. The largest absolute Gasteiger partial charge is 0.507 e. The zero-order valence-electron chi connectivity index (χ0n) is 24.1. The number of aryl methyl sites for hydroxylation is 1. The number of nitrogens with zero attached hydrogens (tertiary/aromatic N) is 1. The zero-order chi connectivity index (χ0) is 30.8. The summed E-state index contributed by atoms with van der Waals surface area (Å²) in [5.74, 6) is 0.388. The second-order valence-electron chi connectivity index (χ2n) is 10.7. The molecule has 0 saturated heterocycles. The highest BCUT2D eigenvalue weighted by atomic mass is 35.5. The van der Waals surface area contributed by atoms with Crippen LogP contribution in [0.5, 0.6) is 11.5 Å². The average Bonchev–Trinajstić information content (AvgIpc) is 3.62. The lowest BCUT2D eigenvalue weighted by Gasteiger charge is -2.18. The molecule has 0 bridgehead atoms. The number of nitrogens with one attached hydrogen (secondary N) is 2. The predicted molar refractivity (Wildman–Crippen MR) is 172 cm³/mol. The van der Waals surface area contributed by atoms with Gasteiger partial charge in [-0.2, -0.15) is 0 Å². The van der Waals surface area contributed by atoms with Gasteiger partial charge in [0.2, 0.25) is 0 Å². The molecule has 5 aromatic rings. The summed E-state index contributed by atoms with van der Waals surface area (Å²) < 4.78 is 10.8. The van der Waals surface area contributed by atoms with E-state index in [1.54, 1.807) is 47.4 Å². The second kappa shape index (κ2) is 12.6. The van der Waals surface area contributed by atoms with Gasteiger partial charge in [0.05, 0.1) is 25.5 Å². The number of halogens is 1. The normalized spacial score (nSPS) is 14.2. The number of aromatic nitrogens is 1. The highest BCUT2D eigenvalue weighted by molar-refractivity contribution is 6.19. The van der Waals surface area contributed by atoms with E-state index < -0.39 is 0 Å². The van der Waals surface area contributed by atoms with Gasteiger partial charge in [-0.15, -0.1) is 11.6 Å². The third kappa shape index (κ3) is 5.69. The van der Waals surface area contributed by atoms with Gasteiger partial charge in [0.25, 0.3) is 11.8 Å². The molecule has 1 atom stereocenters. The molecule has 1 aromatic heterocycles. The topological polar surface area (TPSA) is 124 Å². The van der Waals surface area contributed by atoms with Crippen molar-refractivity contribution in [3.05, 3.63) is 95.2 Å². The summed E-state index contributed by atoms with van der Waals surface area (Å²) in [5.41, 5.74) is 4.79. The van der Waals surface area contributed by atoms with Gasteiger partial charge in [0.1, 0.15) is 23.8 Å². The number of carbonyl (C=O) groups excluding carboxylic acids is 2. The lowest BCUT2D eigenvalue weighted by molar-refractivity contribution is 0.0705. The number of phenols is 1. The van der Waals surface area contributed by atoms with E-state index in [0.717, 1.165) is 32.8 Å².